The molecule has 1 aromatic rings. The maximum absolute atomic E-state index is 13.7. The minimum Gasteiger partial charge on any atom is -0.497 e. The molecular weight excluding hydrogens is 418 g/mol. The number of ether oxygens (including phenoxy) is 1. The molecule has 7 heteroatoms. The molecule has 1 atom stereocenters. The van der Waals surface area contributed by atoms with Crippen molar-refractivity contribution < 1.29 is 19.1 Å². The van der Waals surface area contributed by atoms with Crippen LogP contribution < -0.4 is 15.4 Å². The Balaban J connectivity index is 1.63. The normalized spacial score (nSPS) is 20.5. The van der Waals surface area contributed by atoms with Crippen molar-refractivity contribution in [2.75, 3.05) is 7.11 Å². The molecule has 0 heterocycles. The molecular formula is C26H37N3O4. The first-order chi connectivity index (χ1) is 16.1. The van der Waals surface area contributed by atoms with Gasteiger partial charge in [-0.2, -0.15) is 0 Å². The van der Waals surface area contributed by atoms with Crippen LogP contribution in [0.5, 0.6) is 5.75 Å². The van der Waals surface area contributed by atoms with E-state index in [9.17, 15) is 14.4 Å². The second-order valence-corrected chi connectivity index (χ2v) is 9.77. The molecule has 4 rings (SSSR count). The molecule has 1 aromatic carbocycles. The van der Waals surface area contributed by atoms with Crippen LogP contribution in [0.2, 0.25) is 0 Å². The van der Waals surface area contributed by atoms with E-state index in [4.69, 9.17) is 4.74 Å². The Morgan fingerprint density at radius 1 is 0.818 bits per heavy atom. The number of nitrogens with one attached hydrogen (secondary N) is 2. The lowest BCUT2D eigenvalue weighted by atomic mass is 10.00. The third kappa shape index (κ3) is 5.68. The van der Waals surface area contributed by atoms with Crippen molar-refractivity contribution in [2.24, 2.45) is 0 Å². The molecule has 33 heavy (non-hydrogen) atoms. The summed E-state index contributed by atoms with van der Waals surface area (Å²) in [6.07, 6.45) is 11.7. The van der Waals surface area contributed by atoms with Crippen molar-refractivity contribution in [3.63, 3.8) is 0 Å². The zero-order valence-electron chi connectivity index (χ0n) is 19.7. The van der Waals surface area contributed by atoms with Crippen LogP contribution >= 0.6 is 0 Å². The predicted octanol–water partition coefficient (Wildman–Crippen LogP) is 3.63. The number of hydrogen-bond acceptors (Lipinski definition) is 4. The fourth-order valence-electron chi connectivity index (χ4n) is 5.69. The van der Waals surface area contributed by atoms with E-state index in [0.717, 1.165) is 77.0 Å². The number of methoxy groups -OCH3 is 1. The summed E-state index contributed by atoms with van der Waals surface area (Å²) in [5.41, 5.74) is 0.709. The molecule has 0 bridgehead atoms. The van der Waals surface area contributed by atoms with Gasteiger partial charge in [0.25, 0.3) is 0 Å². The highest BCUT2D eigenvalue weighted by Crippen LogP contribution is 2.33. The topological polar surface area (TPSA) is 87.7 Å². The smallest absolute Gasteiger partial charge is 0.313 e. The van der Waals surface area contributed by atoms with E-state index in [1.807, 2.05) is 12.1 Å². The van der Waals surface area contributed by atoms with Crippen LogP contribution in [-0.2, 0) is 14.4 Å². The minimum atomic E-state index is -0.832. The summed E-state index contributed by atoms with van der Waals surface area (Å²) in [7, 11) is 1.60. The Kier molecular flexibility index (Phi) is 7.89. The summed E-state index contributed by atoms with van der Waals surface area (Å²) in [5, 5.41) is 6.12. The molecule has 3 amide bonds. The average molecular weight is 456 g/mol. The van der Waals surface area contributed by atoms with E-state index >= 15 is 0 Å². The van der Waals surface area contributed by atoms with E-state index in [2.05, 4.69) is 10.6 Å². The fraction of sp³-hybridized carbons (Fsp3) is 0.654. The van der Waals surface area contributed by atoms with Gasteiger partial charge in [-0.3, -0.25) is 14.4 Å². The van der Waals surface area contributed by atoms with Gasteiger partial charge in [0, 0.05) is 18.1 Å². The number of nitrogens with zero attached hydrogens (tertiary/aromatic N) is 1. The molecule has 180 valence electrons. The van der Waals surface area contributed by atoms with Gasteiger partial charge in [-0.1, -0.05) is 50.7 Å². The molecule has 0 spiro atoms. The van der Waals surface area contributed by atoms with Crippen LogP contribution in [0.25, 0.3) is 0 Å². The number of carbonyl (C=O) groups is 3. The van der Waals surface area contributed by atoms with Crippen LogP contribution in [0.1, 0.15) is 88.7 Å². The summed E-state index contributed by atoms with van der Waals surface area (Å²) in [5.74, 6) is -0.676. The van der Waals surface area contributed by atoms with Crippen molar-refractivity contribution in [3.05, 3.63) is 29.8 Å². The van der Waals surface area contributed by atoms with E-state index < -0.39 is 17.9 Å². The molecule has 0 radical (unpaired) electrons. The van der Waals surface area contributed by atoms with Gasteiger partial charge in [-0.25, -0.2) is 0 Å². The highest BCUT2D eigenvalue weighted by molar-refractivity contribution is 6.35. The number of benzene rings is 1. The molecule has 3 fully saturated rings. The van der Waals surface area contributed by atoms with E-state index in [-0.39, 0.29) is 24.0 Å². The lowest BCUT2D eigenvalue weighted by molar-refractivity contribution is -0.152. The Labute approximate surface area is 196 Å². The fourth-order valence-corrected chi connectivity index (χ4v) is 5.69. The molecule has 3 aliphatic rings. The van der Waals surface area contributed by atoms with Crippen LogP contribution in [0.15, 0.2) is 24.3 Å². The van der Waals surface area contributed by atoms with Gasteiger partial charge < -0.3 is 20.3 Å². The zero-order valence-corrected chi connectivity index (χ0v) is 19.7. The summed E-state index contributed by atoms with van der Waals surface area (Å²) in [6, 6.07) is 6.52. The molecule has 2 N–H and O–H groups in total. The molecule has 0 aromatic heterocycles. The van der Waals surface area contributed by atoms with Crippen LogP contribution in [0, 0.1) is 0 Å². The largest absolute Gasteiger partial charge is 0.497 e. The van der Waals surface area contributed by atoms with Gasteiger partial charge in [0.2, 0.25) is 5.91 Å². The lowest BCUT2D eigenvalue weighted by Crippen LogP contribution is -2.54. The van der Waals surface area contributed by atoms with Gasteiger partial charge in [-0.15, -0.1) is 0 Å². The molecule has 7 nitrogen and oxygen atoms in total. The predicted molar refractivity (Wildman–Crippen MR) is 126 cm³/mol. The Morgan fingerprint density at radius 3 is 1.88 bits per heavy atom. The van der Waals surface area contributed by atoms with Gasteiger partial charge in [0.1, 0.15) is 11.8 Å². The highest BCUT2D eigenvalue weighted by atomic mass is 16.5. The summed E-state index contributed by atoms with van der Waals surface area (Å²) in [4.78, 5) is 41.9. The summed E-state index contributed by atoms with van der Waals surface area (Å²) < 4.78 is 5.29. The highest BCUT2D eigenvalue weighted by Gasteiger charge is 2.41. The van der Waals surface area contributed by atoms with Gasteiger partial charge in [0.05, 0.1) is 7.11 Å². The molecule has 0 aliphatic heterocycles. The molecule has 0 unspecified atom stereocenters. The van der Waals surface area contributed by atoms with Crippen molar-refractivity contribution in [2.45, 2.75) is 101 Å². The van der Waals surface area contributed by atoms with Crippen molar-refractivity contribution in [1.82, 2.24) is 15.5 Å². The number of hydrogen-bond donors (Lipinski definition) is 2. The van der Waals surface area contributed by atoms with Gasteiger partial charge in [0.15, 0.2) is 0 Å². The van der Waals surface area contributed by atoms with Crippen LogP contribution in [0.3, 0.4) is 0 Å². The number of rotatable bonds is 7. The standard InChI is InChI=1S/C26H37N3O4/c1-33-22-16-14-18(15-17-22)23(24(30)27-19-8-2-3-9-19)29(21-12-6-7-13-21)26(32)25(31)28-20-10-4-5-11-20/h14-17,19-21,23H,2-13H2,1H3,(H,27,30)(H,28,31)/t23-/m0/s1. The maximum Gasteiger partial charge on any atom is 0.313 e. The first-order valence-electron chi connectivity index (χ1n) is 12.6. The van der Waals surface area contributed by atoms with Crippen LogP contribution in [0.4, 0.5) is 0 Å². The van der Waals surface area contributed by atoms with Crippen molar-refractivity contribution in [3.8, 4) is 5.75 Å². The molecule has 3 saturated carbocycles. The summed E-state index contributed by atoms with van der Waals surface area (Å²) in [6.45, 7) is 0. The first-order valence-corrected chi connectivity index (χ1v) is 12.6. The molecule has 0 saturated heterocycles. The second-order valence-electron chi connectivity index (χ2n) is 9.77. The third-order valence-electron chi connectivity index (χ3n) is 7.50. The SMILES string of the molecule is COc1ccc([C@@H](C(=O)NC2CCCC2)N(C(=O)C(=O)NC2CCCC2)C2CCCC2)cc1. The Morgan fingerprint density at radius 2 is 1.33 bits per heavy atom. The van der Waals surface area contributed by atoms with Gasteiger partial charge in [-0.05, 0) is 56.2 Å². The second kappa shape index (κ2) is 11.0. The monoisotopic (exact) mass is 455 g/mol. The quantitative estimate of drug-likeness (QED) is 0.615. The van der Waals surface area contributed by atoms with Crippen molar-refractivity contribution in [1.29, 1.82) is 0 Å². The average Bonchev–Trinajstić information content (AvgIpc) is 3.61. The lowest BCUT2D eigenvalue weighted by Gasteiger charge is -2.36. The van der Waals surface area contributed by atoms with E-state index in [1.165, 1.54) is 0 Å². The van der Waals surface area contributed by atoms with E-state index in [1.54, 1.807) is 24.1 Å². The first kappa shape index (κ1) is 23.6. The maximum atomic E-state index is 13.7. The zero-order chi connectivity index (χ0) is 23.2. The third-order valence-corrected chi connectivity index (χ3v) is 7.50. The Hall–Kier alpha value is -2.57. The van der Waals surface area contributed by atoms with E-state index in [0.29, 0.717) is 11.3 Å². The number of carbonyl (C=O) groups excluding carboxylic acids is 3. The number of amides is 3. The van der Waals surface area contributed by atoms with Gasteiger partial charge >= 0.3 is 11.8 Å². The van der Waals surface area contributed by atoms with Crippen molar-refractivity contribution >= 4 is 17.7 Å². The minimum absolute atomic E-state index is 0.0543. The summed E-state index contributed by atoms with van der Waals surface area (Å²) >= 11 is 0. The Bertz CT molecular complexity index is 822. The molecule has 3 aliphatic carbocycles. The van der Waals surface area contributed by atoms with Crippen LogP contribution in [-0.4, -0.2) is 47.9 Å².